The number of nitrogens with zero attached hydrogens (tertiary/aromatic N) is 3. The quantitative estimate of drug-likeness (QED) is 0.590. The number of hydrogen-bond acceptors (Lipinski definition) is 3. The van der Waals surface area contributed by atoms with Crippen LogP contribution in [-0.4, -0.2) is 24.1 Å². The van der Waals surface area contributed by atoms with E-state index in [4.69, 9.17) is 0 Å². The zero-order valence-corrected chi connectivity index (χ0v) is 10.4. The van der Waals surface area contributed by atoms with Crippen LogP contribution in [0.5, 0.6) is 0 Å². The van der Waals surface area contributed by atoms with Crippen LogP contribution in [0, 0.1) is 5.92 Å². The lowest BCUT2D eigenvalue weighted by atomic mass is 10.1. The fraction of sp³-hybridized carbons (Fsp3) is 1.00. The van der Waals surface area contributed by atoms with Gasteiger partial charge in [-0.2, -0.15) is 5.11 Å². The van der Waals surface area contributed by atoms with Gasteiger partial charge >= 0.3 is 0 Å². The summed E-state index contributed by atoms with van der Waals surface area (Å²) in [5.74, 6) is 0.761. The monoisotopic (exact) mass is 211 g/mol. The SMILES string of the molecule is CCCCCC1CN=NN1CCC(C)C. The van der Waals surface area contributed by atoms with E-state index in [1.54, 1.807) is 0 Å². The molecule has 0 aliphatic carbocycles. The van der Waals surface area contributed by atoms with Gasteiger partial charge in [-0.05, 0) is 18.8 Å². The molecule has 15 heavy (non-hydrogen) atoms. The number of unbranched alkanes of at least 4 members (excludes halogenated alkanes) is 2. The third-order valence-corrected chi connectivity index (χ3v) is 2.97. The van der Waals surface area contributed by atoms with Gasteiger partial charge in [-0.15, -0.1) is 0 Å². The molecule has 0 aromatic heterocycles. The van der Waals surface area contributed by atoms with E-state index < -0.39 is 0 Å². The lowest BCUT2D eigenvalue weighted by molar-refractivity contribution is 0.212. The van der Waals surface area contributed by atoms with E-state index in [0.29, 0.717) is 6.04 Å². The van der Waals surface area contributed by atoms with Crippen molar-refractivity contribution in [2.45, 2.75) is 58.9 Å². The maximum absolute atomic E-state index is 4.23. The average Bonchev–Trinajstić information content (AvgIpc) is 2.63. The summed E-state index contributed by atoms with van der Waals surface area (Å²) in [4.78, 5) is 0. The van der Waals surface area contributed by atoms with Gasteiger partial charge in [0, 0.05) is 6.54 Å². The van der Waals surface area contributed by atoms with Gasteiger partial charge in [0.2, 0.25) is 0 Å². The Morgan fingerprint density at radius 1 is 1.33 bits per heavy atom. The summed E-state index contributed by atoms with van der Waals surface area (Å²) in [6.45, 7) is 8.78. The molecule has 1 aliphatic heterocycles. The molecule has 3 heteroatoms. The van der Waals surface area contributed by atoms with Crippen LogP contribution in [0.25, 0.3) is 0 Å². The smallest absolute Gasteiger partial charge is 0.0841 e. The van der Waals surface area contributed by atoms with E-state index in [1.807, 2.05) is 0 Å². The second-order valence-electron chi connectivity index (χ2n) is 4.91. The third kappa shape index (κ3) is 4.63. The van der Waals surface area contributed by atoms with Crippen molar-refractivity contribution in [2.24, 2.45) is 16.3 Å². The van der Waals surface area contributed by atoms with Gasteiger partial charge in [0.25, 0.3) is 0 Å². The minimum atomic E-state index is 0.593. The molecule has 1 aliphatic rings. The largest absolute Gasteiger partial charge is 0.274 e. The molecule has 0 spiro atoms. The molecule has 0 N–H and O–H groups in total. The Kier molecular flexibility index (Phi) is 5.66. The van der Waals surface area contributed by atoms with Crippen molar-refractivity contribution < 1.29 is 0 Å². The van der Waals surface area contributed by atoms with Gasteiger partial charge in [0.05, 0.1) is 12.6 Å². The molecule has 0 bridgehead atoms. The van der Waals surface area contributed by atoms with Crippen molar-refractivity contribution in [3.05, 3.63) is 0 Å². The molecule has 0 saturated heterocycles. The van der Waals surface area contributed by atoms with Crippen LogP contribution in [-0.2, 0) is 0 Å². The Labute approximate surface area is 93.9 Å². The van der Waals surface area contributed by atoms with Crippen molar-refractivity contribution >= 4 is 0 Å². The molecule has 0 saturated carbocycles. The molecule has 0 amide bonds. The highest BCUT2D eigenvalue weighted by Crippen LogP contribution is 2.18. The van der Waals surface area contributed by atoms with Crippen molar-refractivity contribution in [3.63, 3.8) is 0 Å². The Morgan fingerprint density at radius 2 is 2.13 bits per heavy atom. The molecule has 1 heterocycles. The summed E-state index contributed by atoms with van der Waals surface area (Å²) in [6, 6.07) is 0.593. The Balaban J connectivity index is 2.19. The van der Waals surface area contributed by atoms with E-state index in [-0.39, 0.29) is 0 Å². The molecule has 88 valence electrons. The van der Waals surface area contributed by atoms with E-state index in [2.05, 4.69) is 36.1 Å². The van der Waals surface area contributed by atoms with Crippen LogP contribution in [0.4, 0.5) is 0 Å². The van der Waals surface area contributed by atoms with E-state index in [0.717, 1.165) is 19.0 Å². The van der Waals surface area contributed by atoms with Crippen LogP contribution < -0.4 is 0 Å². The molecule has 1 rings (SSSR count). The van der Waals surface area contributed by atoms with Crippen molar-refractivity contribution in [3.8, 4) is 0 Å². The van der Waals surface area contributed by atoms with Crippen LogP contribution in [0.15, 0.2) is 10.3 Å². The molecule has 1 unspecified atom stereocenters. The Morgan fingerprint density at radius 3 is 2.80 bits per heavy atom. The normalized spacial score (nSPS) is 20.5. The predicted molar refractivity (Wildman–Crippen MR) is 63.8 cm³/mol. The van der Waals surface area contributed by atoms with Gasteiger partial charge in [0.15, 0.2) is 0 Å². The van der Waals surface area contributed by atoms with Crippen molar-refractivity contribution in [1.29, 1.82) is 0 Å². The molecule has 0 radical (unpaired) electrons. The van der Waals surface area contributed by atoms with E-state index in [9.17, 15) is 0 Å². The van der Waals surface area contributed by atoms with Gasteiger partial charge in [-0.25, -0.2) is 0 Å². The summed E-state index contributed by atoms with van der Waals surface area (Å²) in [5, 5.41) is 10.6. The van der Waals surface area contributed by atoms with Gasteiger partial charge < -0.3 is 0 Å². The fourth-order valence-corrected chi connectivity index (χ4v) is 1.87. The van der Waals surface area contributed by atoms with Gasteiger partial charge in [0.1, 0.15) is 0 Å². The minimum absolute atomic E-state index is 0.593. The Hall–Kier alpha value is -0.600. The topological polar surface area (TPSA) is 28.0 Å². The van der Waals surface area contributed by atoms with Crippen LogP contribution >= 0.6 is 0 Å². The highest BCUT2D eigenvalue weighted by atomic mass is 15.6. The number of hydrogen-bond donors (Lipinski definition) is 0. The highest BCUT2D eigenvalue weighted by molar-refractivity contribution is 4.74. The standard InChI is InChI=1S/C12H25N3/c1-4-5-6-7-12-10-13-14-15(12)9-8-11(2)3/h11-12H,4-10H2,1-3H3. The lowest BCUT2D eigenvalue weighted by Crippen LogP contribution is -2.30. The first-order valence-electron chi connectivity index (χ1n) is 6.38. The predicted octanol–water partition coefficient (Wildman–Crippen LogP) is 3.66. The number of rotatable bonds is 7. The zero-order chi connectivity index (χ0) is 11.1. The fourth-order valence-electron chi connectivity index (χ4n) is 1.87. The maximum atomic E-state index is 4.23. The minimum Gasteiger partial charge on any atom is -0.274 e. The average molecular weight is 211 g/mol. The summed E-state index contributed by atoms with van der Waals surface area (Å²) in [6.07, 6.45) is 6.45. The molecule has 3 nitrogen and oxygen atoms in total. The Bertz CT molecular complexity index is 189. The van der Waals surface area contributed by atoms with Gasteiger partial charge in [-0.1, -0.05) is 45.3 Å². The third-order valence-electron chi connectivity index (χ3n) is 2.97. The van der Waals surface area contributed by atoms with E-state index >= 15 is 0 Å². The summed E-state index contributed by atoms with van der Waals surface area (Å²) in [5.41, 5.74) is 0. The first-order valence-corrected chi connectivity index (χ1v) is 6.38. The highest BCUT2D eigenvalue weighted by Gasteiger charge is 2.21. The summed E-state index contributed by atoms with van der Waals surface area (Å²) < 4.78 is 0. The second kappa shape index (κ2) is 6.81. The second-order valence-corrected chi connectivity index (χ2v) is 4.91. The molecular weight excluding hydrogens is 186 g/mol. The van der Waals surface area contributed by atoms with Gasteiger partial charge in [-0.3, -0.25) is 5.01 Å². The summed E-state index contributed by atoms with van der Waals surface area (Å²) >= 11 is 0. The molecule has 0 aromatic rings. The lowest BCUT2D eigenvalue weighted by Gasteiger charge is -2.22. The molecule has 0 fully saturated rings. The zero-order valence-electron chi connectivity index (χ0n) is 10.4. The van der Waals surface area contributed by atoms with E-state index in [1.165, 1.54) is 32.1 Å². The van der Waals surface area contributed by atoms with Crippen LogP contribution in [0.2, 0.25) is 0 Å². The molecule has 0 aromatic carbocycles. The summed E-state index contributed by atoms with van der Waals surface area (Å²) in [7, 11) is 0. The molecule has 1 atom stereocenters. The first-order chi connectivity index (χ1) is 7.24. The maximum Gasteiger partial charge on any atom is 0.0841 e. The van der Waals surface area contributed by atoms with Crippen molar-refractivity contribution in [1.82, 2.24) is 5.01 Å². The molecular formula is C12H25N3. The first kappa shape index (κ1) is 12.5. The van der Waals surface area contributed by atoms with Crippen LogP contribution in [0.3, 0.4) is 0 Å². The van der Waals surface area contributed by atoms with Crippen molar-refractivity contribution in [2.75, 3.05) is 13.1 Å². The van der Waals surface area contributed by atoms with Crippen LogP contribution in [0.1, 0.15) is 52.9 Å².